The van der Waals surface area contributed by atoms with E-state index in [2.05, 4.69) is 5.32 Å². The van der Waals surface area contributed by atoms with E-state index in [4.69, 9.17) is 5.73 Å². The van der Waals surface area contributed by atoms with Gasteiger partial charge in [0, 0.05) is 17.2 Å². The summed E-state index contributed by atoms with van der Waals surface area (Å²) in [5, 5.41) is 2.80. The Hall–Kier alpha value is -1.49. The average molecular weight is 296 g/mol. The Morgan fingerprint density at radius 1 is 1.43 bits per heavy atom. The third-order valence-corrected chi connectivity index (χ3v) is 4.36. The lowest BCUT2D eigenvalue weighted by molar-refractivity contribution is -0.128. The number of benzene rings is 1. The van der Waals surface area contributed by atoms with E-state index in [1.165, 1.54) is 12.1 Å². The number of rotatable bonds is 3. The molecule has 1 saturated carbocycles. The minimum absolute atomic E-state index is 0.157. The third kappa shape index (κ3) is 3.59. The molecular weight excluding hydrogens is 274 g/mol. The molecule has 1 aromatic carbocycles. The van der Waals surface area contributed by atoms with Crippen LogP contribution in [0, 0.1) is 17.6 Å². The van der Waals surface area contributed by atoms with E-state index in [1.54, 1.807) is 6.92 Å². The number of carbonyl (C=O) groups excluding carboxylic acids is 1. The Morgan fingerprint density at radius 2 is 2.14 bits per heavy atom. The maximum atomic E-state index is 13.7. The molecule has 0 saturated heterocycles. The quantitative estimate of drug-likeness (QED) is 0.900. The Balaban J connectivity index is 2.08. The molecule has 0 aliphatic heterocycles. The van der Waals surface area contributed by atoms with Gasteiger partial charge in [-0.3, -0.25) is 4.79 Å². The normalized spacial score (nSPS) is 27.2. The summed E-state index contributed by atoms with van der Waals surface area (Å²) in [6.07, 6.45) is 3.56. The smallest absolute Gasteiger partial charge is 0.225 e. The maximum Gasteiger partial charge on any atom is 0.225 e. The first-order valence-electron chi connectivity index (χ1n) is 7.35. The van der Waals surface area contributed by atoms with Gasteiger partial charge in [0.25, 0.3) is 0 Å². The molecule has 3 N–H and O–H groups in total. The number of hydrogen-bond acceptors (Lipinski definition) is 2. The first-order valence-corrected chi connectivity index (χ1v) is 7.35. The number of halogens is 2. The van der Waals surface area contributed by atoms with Gasteiger partial charge in [-0.05, 0) is 32.8 Å². The van der Waals surface area contributed by atoms with Crippen molar-refractivity contribution >= 4 is 5.91 Å². The fourth-order valence-corrected chi connectivity index (χ4v) is 3.03. The Labute approximate surface area is 123 Å². The van der Waals surface area contributed by atoms with Crippen LogP contribution < -0.4 is 11.1 Å². The summed E-state index contributed by atoms with van der Waals surface area (Å²) in [5.74, 6) is -1.70. The molecule has 1 aliphatic carbocycles. The van der Waals surface area contributed by atoms with E-state index in [-0.39, 0.29) is 17.4 Å². The molecule has 21 heavy (non-hydrogen) atoms. The number of carbonyl (C=O) groups is 1. The molecule has 0 heterocycles. The van der Waals surface area contributed by atoms with Crippen LogP contribution in [0.4, 0.5) is 8.78 Å². The molecular formula is C16H22F2N2O. The summed E-state index contributed by atoms with van der Waals surface area (Å²) >= 11 is 0. The molecule has 3 nitrogen and oxygen atoms in total. The van der Waals surface area contributed by atoms with Crippen molar-refractivity contribution < 1.29 is 13.6 Å². The molecule has 0 aromatic heterocycles. The van der Waals surface area contributed by atoms with Gasteiger partial charge in [-0.15, -0.1) is 0 Å². The second-order valence-electron chi connectivity index (χ2n) is 6.20. The molecule has 0 bridgehead atoms. The Morgan fingerprint density at radius 3 is 2.76 bits per heavy atom. The van der Waals surface area contributed by atoms with E-state index >= 15 is 0 Å². The third-order valence-electron chi connectivity index (χ3n) is 4.36. The van der Waals surface area contributed by atoms with Gasteiger partial charge in [-0.2, -0.15) is 0 Å². The van der Waals surface area contributed by atoms with Gasteiger partial charge in [0.2, 0.25) is 5.91 Å². The van der Waals surface area contributed by atoms with Crippen molar-refractivity contribution in [3.05, 3.63) is 35.4 Å². The molecule has 2 rings (SSSR count). The van der Waals surface area contributed by atoms with Crippen LogP contribution in [0.2, 0.25) is 0 Å². The van der Waals surface area contributed by atoms with Crippen molar-refractivity contribution in [2.24, 2.45) is 11.7 Å². The van der Waals surface area contributed by atoms with E-state index in [9.17, 15) is 13.6 Å². The number of hydrogen-bond donors (Lipinski definition) is 2. The van der Waals surface area contributed by atoms with Crippen LogP contribution in [-0.4, -0.2) is 11.4 Å². The van der Waals surface area contributed by atoms with Crippen LogP contribution in [0.1, 0.15) is 51.1 Å². The number of nitrogens with one attached hydrogen (secondary N) is 1. The van der Waals surface area contributed by atoms with Gasteiger partial charge in [0.1, 0.15) is 11.6 Å². The van der Waals surface area contributed by atoms with Crippen molar-refractivity contribution in [1.82, 2.24) is 5.32 Å². The molecule has 1 amide bonds. The minimum Gasteiger partial charge on any atom is -0.349 e. The second-order valence-corrected chi connectivity index (χ2v) is 6.20. The molecule has 0 radical (unpaired) electrons. The minimum atomic E-state index is -0.651. The molecule has 1 fully saturated rings. The lowest BCUT2D eigenvalue weighted by Crippen LogP contribution is -2.53. The van der Waals surface area contributed by atoms with Crippen LogP contribution in [0.25, 0.3) is 0 Å². The van der Waals surface area contributed by atoms with E-state index in [0.29, 0.717) is 0 Å². The van der Waals surface area contributed by atoms with Crippen molar-refractivity contribution in [2.75, 3.05) is 0 Å². The first kappa shape index (κ1) is 15.9. The van der Waals surface area contributed by atoms with E-state index in [0.717, 1.165) is 31.7 Å². The molecule has 116 valence electrons. The van der Waals surface area contributed by atoms with Gasteiger partial charge < -0.3 is 11.1 Å². The Bertz CT molecular complexity index is 531. The highest BCUT2D eigenvalue weighted by Crippen LogP contribution is 2.32. The zero-order valence-corrected chi connectivity index (χ0v) is 12.5. The summed E-state index contributed by atoms with van der Waals surface area (Å²) in [6.45, 7) is 3.57. The summed E-state index contributed by atoms with van der Waals surface area (Å²) in [4.78, 5) is 12.4. The van der Waals surface area contributed by atoms with Crippen LogP contribution in [0.5, 0.6) is 0 Å². The van der Waals surface area contributed by atoms with Crippen LogP contribution in [0.15, 0.2) is 18.2 Å². The lowest BCUT2D eigenvalue weighted by Gasteiger charge is -2.37. The van der Waals surface area contributed by atoms with E-state index < -0.39 is 23.2 Å². The fraction of sp³-hybridized carbons (Fsp3) is 0.562. The number of amides is 1. The van der Waals surface area contributed by atoms with Gasteiger partial charge in [0.15, 0.2) is 0 Å². The molecule has 2 unspecified atom stereocenters. The zero-order valence-electron chi connectivity index (χ0n) is 12.5. The van der Waals surface area contributed by atoms with Crippen molar-refractivity contribution in [2.45, 2.75) is 51.1 Å². The topological polar surface area (TPSA) is 55.1 Å². The molecule has 3 atom stereocenters. The van der Waals surface area contributed by atoms with Crippen LogP contribution in [-0.2, 0) is 4.79 Å². The zero-order chi connectivity index (χ0) is 15.6. The predicted octanol–water partition coefficient (Wildman–Crippen LogP) is 3.05. The fourth-order valence-electron chi connectivity index (χ4n) is 3.03. The van der Waals surface area contributed by atoms with E-state index in [1.807, 2.05) is 6.92 Å². The molecule has 1 aromatic rings. The van der Waals surface area contributed by atoms with Gasteiger partial charge in [0.05, 0.1) is 12.0 Å². The summed E-state index contributed by atoms with van der Waals surface area (Å²) in [5.41, 5.74) is 5.96. The molecule has 1 aliphatic rings. The molecule has 0 spiro atoms. The second kappa shape index (κ2) is 6.10. The van der Waals surface area contributed by atoms with Gasteiger partial charge >= 0.3 is 0 Å². The van der Waals surface area contributed by atoms with Gasteiger partial charge in [-0.1, -0.05) is 18.9 Å². The predicted molar refractivity (Wildman–Crippen MR) is 77.5 cm³/mol. The SMILES string of the molecule is C[C@@H](NC(=O)C1CCCCC1(C)N)c1ccc(F)cc1F. The number of nitrogens with two attached hydrogens (primary N) is 1. The van der Waals surface area contributed by atoms with Gasteiger partial charge in [-0.25, -0.2) is 8.78 Å². The summed E-state index contributed by atoms with van der Waals surface area (Å²) in [7, 11) is 0. The average Bonchev–Trinajstić information content (AvgIpc) is 2.37. The van der Waals surface area contributed by atoms with Crippen LogP contribution >= 0.6 is 0 Å². The Kier molecular flexibility index (Phi) is 4.61. The lowest BCUT2D eigenvalue weighted by atomic mass is 9.74. The first-order chi connectivity index (χ1) is 9.81. The molecule has 5 heteroatoms. The van der Waals surface area contributed by atoms with Crippen molar-refractivity contribution in [3.8, 4) is 0 Å². The van der Waals surface area contributed by atoms with Crippen molar-refractivity contribution in [3.63, 3.8) is 0 Å². The largest absolute Gasteiger partial charge is 0.349 e. The van der Waals surface area contributed by atoms with Crippen LogP contribution in [0.3, 0.4) is 0 Å². The highest BCUT2D eigenvalue weighted by molar-refractivity contribution is 5.80. The summed E-state index contributed by atoms with van der Waals surface area (Å²) in [6, 6.07) is 2.86. The maximum absolute atomic E-state index is 13.7. The highest BCUT2D eigenvalue weighted by atomic mass is 19.1. The van der Waals surface area contributed by atoms with Crippen molar-refractivity contribution in [1.29, 1.82) is 0 Å². The highest BCUT2D eigenvalue weighted by Gasteiger charge is 2.38. The standard InChI is InChI=1S/C16H22F2N2O/c1-10(12-7-6-11(17)9-14(12)18)20-15(21)13-5-3-4-8-16(13,2)19/h6-7,9-10,13H,3-5,8,19H2,1-2H3,(H,20,21)/t10-,13?,16?/m1/s1. The summed E-state index contributed by atoms with van der Waals surface area (Å²) < 4.78 is 26.7. The monoisotopic (exact) mass is 296 g/mol.